The quantitative estimate of drug-likeness (QED) is 0.798. The monoisotopic (exact) mass is 376 g/mol. The van der Waals surface area contributed by atoms with Gasteiger partial charge in [0, 0.05) is 24.3 Å². The Morgan fingerprint density at radius 3 is 2.26 bits per heavy atom. The third-order valence-electron chi connectivity index (χ3n) is 4.78. The lowest BCUT2D eigenvalue weighted by molar-refractivity contribution is -0.137. The van der Waals surface area contributed by atoms with Crippen LogP contribution in [-0.2, 0) is 11.0 Å². The lowest BCUT2D eigenvalue weighted by Crippen LogP contribution is -2.57. The van der Waals surface area contributed by atoms with Crippen LogP contribution in [0, 0.1) is 6.92 Å². The molecule has 0 bridgehead atoms. The number of aryl methyl sites for hydroxylation is 1. The number of hydrogen-bond acceptors (Lipinski definition) is 2. The third-order valence-corrected chi connectivity index (χ3v) is 4.78. The Hall–Kier alpha value is -2.83. The van der Waals surface area contributed by atoms with Crippen LogP contribution < -0.4 is 4.90 Å². The van der Waals surface area contributed by atoms with Gasteiger partial charge in [0.15, 0.2) is 0 Å². The van der Waals surface area contributed by atoms with E-state index >= 15 is 0 Å². The van der Waals surface area contributed by atoms with Crippen LogP contribution in [0.5, 0.6) is 0 Å². The molecule has 4 nitrogen and oxygen atoms in total. The summed E-state index contributed by atoms with van der Waals surface area (Å²) in [5.41, 5.74) is 1.08. The highest BCUT2D eigenvalue weighted by Gasteiger charge is 2.36. The minimum atomic E-state index is -4.45. The summed E-state index contributed by atoms with van der Waals surface area (Å²) in [6.45, 7) is 4.18. The molecule has 0 saturated carbocycles. The Labute approximate surface area is 155 Å². The van der Waals surface area contributed by atoms with Crippen LogP contribution in [0.25, 0.3) is 0 Å². The van der Waals surface area contributed by atoms with E-state index in [0.29, 0.717) is 13.1 Å². The Morgan fingerprint density at radius 2 is 1.67 bits per heavy atom. The van der Waals surface area contributed by atoms with Gasteiger partial charge in [0.2, 0.25) is 5.91 Å². The molecule has 0 radical (unpaired) electrons. The van der Waals surface area contributed by atoms with Crippen molar-refractivity contribution in [1.29, 1.82) is 0 Å². The molecule has 2 amide bonds. The van der Waals surface area contributed by atoms with Gasteiger partial charge in [-0.25, -0.2) is 0 Å². The van der Waals surface area contributed by atoms with E-state index in [-0.39, 0.29) is 11.5 Å². The summed E-state index contributed by atoms with van der Waals surface area (Å²) in [6.07, 6.45) is -4.45. The number of amides is 2. The standard InChI is InChI=1S/C20H19F3N2O2/c1-13-5-3-4-6-17(13)25-12-11-24(14(2)18(25)26)19(27)15-7-9-16(10-8-15)20(21,22)23/h3-10,14H,11-12H2,1-2H3. The Bertz CT molecular complexity index is 862. The second kappa shape index (κ2) is 7.06. The topological polar surface area (TPSA) is 40.6 Å². The maximum Gasteiger partial charge on any atom is 0.416 e. The van der Waals surface area contributed by atoms with Gasteiger partial charge in [0.25, 0.3) is 5.91 Å². The first-order chi connectivity index (χ1) is 12.7. The minimum Gasteiger partial charge on any atom is -0.325 e. The van der Waals surface area contributed by atoms with Gasteiger partial charge in [-0.2, -0.15) is 13.2 Å². The van der Waals surface area contributed by atoms with Gasteiger partial charge in [-0.3, -0.25) is 9.59 Å². The molecule has 27 heavy (non-hydrogen) atoms. The van der Waals surface area contributed by atoms with Crippen molar-refractivity contribution in [2.45, 2.75) is 26.1 Å². The van der Waals surface area contributed by atoms with Gasteiger partial charge in [-0.15, -0.1) is 0 Å². The van der Waals surface area contributed by atoms with Gasteiger partial charge < -0.3 is 9.80 Å². The summed E-state index contributed by atoms with van der Waals surface area (Å²) < 4.78 is 38.0. The first-order valence-electron chi connectivity index (χ1n) is 8.55. The zero-order chi connectivity index (χ0) is 19.8. The second-order valence-electron chi connectivity index (χ2n) is 6.53. The van der Waals surface area contributed by atoms with E-state index in [9.17, 15) is 22.8 Å². The number of alkyl halides is 3. The number of anilines is 1. The zero-order valence-electron chi connectivity index (χ0n) is 15.0. The Balaban J connectivity index is 1.78. The van der Waals surface area contributed by atoms with E-state index in [2.05, 4.69) is 0 Å². The van der Waals surface area contributed by atoms with Crippen molar-refractivity contribution in [2.24, 2.45) is 0 Å². The molecule has 142 valence electrons. The van der Waals surface area contributed by atoms with Gasteiger partial charge in [0.05, 0.1) is 5.56 Å². The maximum absolute atomic E-state index is 12.8. The van der Waals surface area contributed by atoms with E-state index in [0.717, 1.165) is 35.5 Å². The summed E-state index contributed by atoms with van der Waals surface area (Å²) in [6, 6.07) is 10.9. The first kappa shape index (κ1) is 18.9. The lowest BCUT2D eigenvalue weighted by atomic mass is 10.1. The molecule has 7 heteroatoms. The largest absolute Gasteiger partial charge is 0.416 e. The molecule has 0 aliphatic carbocycles. The van der Waals surface area contributed by atoms with E-state index < -0.39 is 23.7 Å². The third kappa shape index (κ3) is 3.67. The van der Waals surface area contributed by atoms with Gasteiger partial charge >= 0.3 is 6.18 Å². The number of hydrogen-bond donors (Lipinski definition) is 0. The molecule has 1 unspecified atom stereocenters. The molecular formula is C20H19F3N2O2. The van der Waals surface area contributed by atoms with Gasteiger partial charge in [-0.1, -0.05) is 18.2 Å². The van der Waals surface area contributed by atoms with Crippen LogP contribution in [0.15, 0.2) is 48.5 Å². The predicted molar refractivity (Wildman–Crippen MR) is 95.5 cm³/mol. The van der Waals surface area contributed by atoms with Gasteiger partial charge in [-0.05, 0) is 49.7 Å². The molecule has 0 spiro atoms. The molecule has 0 N–H and O–H groups in total. The molecule has 2 aromatic carbocycles. The first-order valence-corrected chi connectivity index (χ1v) is 8.55. The van der Waals surface area contributed by atoms with Crippen molar-refractivity contribution in [1.82, 2.24) is 4.90 Å². The molecule has 3 rings (SSSR count). The molecule has 1 atom stereocenters. The van der Waals surface area contributed by atoms with E-state index in [1.54, 1.807) is 11.8 Å². The summed E-state index contributed by atoms with van der Waals surface area (Å²) in [5, 5.41) is 0. The summed E-state index contributed by atoms with van der Waals surface area (Å²) in [4.78, 5) is 28.5. The molecule has 1 heterocycles. The molecule has 1 aliphatic rings. The van der Waals surface area contributed by atoms with Crippen LogP contribution >= 0.6 is 0 Å². The fourth-order valence-electron chi connectivity index (χ4n) is 3.22. The van der Waals surface area contributed by atoms with Crippen molar-refractivity contribution >= 4 is 17.5 Å². The Kier molecular flexibility index (Phi) is 4.95. The summed E-state index contributed by atoms with van der Waals surface area (Å²) in [7, 11) is 0. The van der Waals surface area contributed by atoms with Gasteiger partial charge in [0.1, 0.15) is 6.04 Å². The SMILES string of the molecule is Cc1ccccc1N1CCN(C(=O)c2ccc(C(F)(F)F)cc2)C(C)C1=O. The molecule has 0 aromatic heterocycles. The summed E-state index contributed by atoms with van der Waals surface area (Å²) in [5.74, 6) is -0.662. The van der Waals surface area contributed by atoms with Crippen LogP contribution in [0.1, 0.15) is 28.4 Å². The highest BCUT2D eigenvalue weighted by atomic mass is 19.4. The van der Waals surface area contributed by atoms with Crippen LogP contribution in [0.4, 0.5) is 18.9 Å². The Morgan fingerprint density at radius 1 is 1.04 bits per heavy atom. The minimum absolute atomic E-state index is 0.131. The second-order valence-corrected chi connectivity index (χ2v) is 6.53. The zero-order valence-corrected chi connectivity index (χ0v) is 15.0. The van der Waals surface area contributed by atoms with E-state index in [4.69, 9.17) is 0 Å². The number of benzene rings is 2. The average Bonchev–Trinajstić information content (AvgIpc) is 2.63. The highest BCUT2D eigenvalue weighted by molar-refractivity contribution is 6.03. The van der Waals surface area contributed by atoms with Crippen LogP contribution in [0.2, 0.25) is 0 Å². The molecule has 2 aromatic rings. The smallest absolute Gasteiger partial charge is 0.325 e. The van der Waals surface area contributed by atoms with E-state index in [1.165, 1.54) is 4.90 Å². The van der Waals surface area contributed by atoms with E-state index in [1.807, 2.05) is 31.2 Å². The van der Waals surface area contributed by atoms with Crippen molar-refractivity contribution in [3.05, 3.63) is 65.2 Å². The molecule has 1 fully saturated rings. The number of piperazine rings is 1. The number of rotatable bonds is 2. The van der Waals surface area contributed by atoms with Crippen molar-refractivity contribution < 1.29 is 22.8 Å². The maximum atomic E-state index is 12.8. The lowest BCUT2D eigenvalue weighted by Gasteiger charge is -2.39. The number of para-hydroxylation sites is 1. The summed E-state index contributed by atoms with van der Waals surface area (Å²) >= 11 is 0. The molecule has 1 aliphatic heterocycles. The highest BCUT2D eigenvalue weighted by Crippen LogP contribution is 2.30. The predicted octanol–water partition coefficient (Wildman–Crippen LogP) is 3.89. The number of nitrogens with zero attached hydrogens (tertiary/aromatic N) is 2. The number of halogens is 3. The number of carbonyl (C=O) groups is 2. The average molecular weight is 376 g/mol. The van der Waals surface area contributed by atoms with Crippen molar-refractivity contribution in [2.75, 3.05) is 18.0 Å². The molecule has 1 saturated heterocycles. The van der Waals surface area contributed by atoms with Crippen molar-refractivity contribution in [3.8, 4) is 0 Å². The van der Waals surface area contributed by atoms with Crippen LogP contribution in [0.3, 0.4) is 0 Å². The number of carbonyl (C=O) groups excluding carboxylic acids is 2. The molecular weight excluding hydrogens is 357 g/mol. The normalized spacial score (nSPS) is 18.0. The van der Waals surface area contributed by atoms with Crippen LogP contribution in [-0.4, -0.2) is 35.8 Å². The fraction of sp³-hybridized carbons (Fsp3) is 0.300. The fourth-order valence-corrected chi connectivity index (χ4v) is 3.22. The van der Waals surface area contributed by atoms with Crippen molar-refractivity contribution in [3.63, 3.8) is 0 Å².